The number of aryl methyl sites for hydroxylation is 2. The van der Waals surface area contributed by atoms with Crippen molar-refractivity contribution in [3.8, 4) is 0 Å². The van der Waals surface area contributed by atoms with Crippen LogP contribution in [-0.4, -0.2) is 21.0 Å². The molecule has 1 aromatic rings. The maximum Gasteiger partial charge on any atom is 0.0827 e. The van der Waals surface area contributed by atoms with E-state index in [1.165, 1.54) is 12.8 Å². The van der Waals surface area contributed by atoms with E-state index in [0.29, 0.717) is 6.04 Å². The van der Waals surface area contributed by atoms with Crippen LogP contribution in [0.2, 0.25) is 0 Å². The van der Waals surface area contributed by atoms with Gasteiger partial charge in [-0.2, -0.15) is 0 Å². The van der Waals surface area contributed by atoms with Crippen LogP contribution < -0.4 is 5.73 Å². The molecule has 2 rings (SSSR count). The van der Waals surface area contributed by atoms with Gasteiger partial charge in [0.05, 0.1) is 5.69 Å². The molecule has 0 radical (unpaired) electrons. The Morgan fingerprint density at radius 2 is 2.43 bits per heavy atom. The number of rotatable bonds is 5. The van der Waals surface area contributed by atoms with E-state index in [9.17, 15) is 0 Å². The highest BCUT2D eigenvalue weighted by Crippen LogP contribution is 2.33. The molecule has 4 nitrogen and oxygen atoms in total. The molecule has 1 atom stereocenters. The van der Waals surface area contributed by atoms with Gasteiger partial charge < -0.3 is 5.73 Å². The first-order valence-corrected chi connectivity index (χ1v) is 5.36. The third-order valence-electron chi connectivity index (χ3n) is 2.85. The number of hydrogen-bond acceptors (Lipinski definition) is 3. The first-order chi connectivity index (χ1) is 6.75. The molecule has 0 bridgehead atoms. The number of nitrogens with zero attached hydrogens (tertiary/aromatic N) is 3. The number of nitrogens with two attached hydrogens (primary N) is 1. The highest BCUT2D eigenvalue weighted by molar-refractivity contribution is 4.92. The van der Waals surface area contributed by atoms with Crippen LogP contribution in [0.3, 0.4) is 0 Å². The van der Waals surface area contributed by atoms with Gasteiger partial charge in [0.25, 0.3) is 0 Å². The van der Waals surface area contributed by atoms with Gasteiger partial charge in [0.2, 0.25) is 0 Å². The van der Waals surface area contributed by atoms with Crippen LogP contribution in [0.1, 0.15) is 31.4 Å². The maximum atomic E-state index is 6.01. The summed E-state index contributed by atoms with van der Waals surface area (Å²) in [6.45, 7) is 0. The fraction of sp³-hybridized carbons (Fsp3) is 0.800. The van der Waals surface area contributed by atoms with E-state index in [4.69, 9.17) is 5.73 Å². The largest absolute Gasteiger partial charge is 0.327 e. The summed E-state index contributed by atoms with van der Waals surface area (Å²) in [6.07, 6.45) is 7.92. The Morgan fingerprint density at radius 3 is 3.00 bits per heavy atom. The first-order valence-electron chi connectivity index (χ1n) is 5.36. The Kier molecular flexibility index (Phi) is 2.82. The normalized spacial score (nSPS) is 18.4. The van der Waals surface area contributed by atoms with Crippen molar-refractivity contribution in [3.05, 3.63) is 11.9 Å². The van der Waals surface area contributed by atoms with Crippen molar-refractivity contribution in [2.75, 3.05) is 0 Å². The second-order valence-electron chi connectivity index (χ2n) is 4.28. The lowest BCUT2D eigenvalue weighted by atomic mass is 10.1. The Balaban J connectivity index is 1.67. The molecule has 1 heterocycles. The summed E-state index contributed by atoms with van der Waals surface area (Å²) < 4.78 is 1.75. The summed E-state index contributed by atoms with van der Waals surface area (Å²) in [6, 6.07) is 0.423. The molecule has 1 saturated carbocycles. The van der Waals surface area contributed by atoms with Crippen molar-refractivity contribution in [2.45, 2.75) is 38.1 Å². The summed E-state index contributed by atoms with van der Waals surface area (Å²) in [5, 5.41) is 7.94. The molecule has 0 saturated heterocycles. The predicted molar refractivity (Wildman–Crippen MR) is 54.6 cm³/mol. The minimum Gasteiger partial charge on any atom is -0.327 e. The van der Waals surface area contributed by atoms with Gasteiger partial charge in [-0.3, -0.25) is 4.68 Å². The Hall–Kier alpha value is -0.900. The van der Waals surface area contributed by atoms with Crippen molar-refractivity contribution in [3.63, 3.8) is 0 Å². The van der Waals surface area contributed by atoms with Gasteiger partial charge >= 0.3 is 0 Å². The fourth-order valence-corrected chi connectivity index (χ4v) is 1.79. The first kappa shape index (κ1) is 9.65. The molecular formula is C10H18N4. The maximum absolute atomic E-state index is 6.01. The molecule has 14 heavy (non-hydrogen) atoms. The minimum absolute atomic E-state index is 0.423. The lowest BCUT2D eigenvalue weighted by Crippen LogP contribution is -2.22. The van der Waals surface area contributed by atoms with Gasteiger partial charge in [-0.15, -0.1) is 5.10 Å². The summed E-state index contributed by atoms with van der Waals surface area (Å²) in [5.41, 5.74) is 7.09. The topological polar surface area (TPSA) is 56.7 Å². The Labute approximate surface area is 84.5 Å². The zero-order valence-electron chi connectivity index (χ0n) is 8.69. The van der Waals surface area contributed by atoms with E-state index in [2.05, 4.69) is 10.3 Å². The highest BCUT2D eigenvalue weighted by Gasteiger charge is 2.27. The summed E-state index contributed by atoms with van der Waals surface area (Å²) in [5.74, 6) is 0.817. The van der Waals surface area contributed by atoms with E-state index in [1.54, 1.807) is 4.68 Å². The molecule has 1 aliphatic carbocycles. The van der Waals surface area contributed by atoms with Crippen molar-refractivity contribution in [1.29, 1.82) is 0 Å². The Bertz CT molecular complexity index is 290. The predicted octanol–water partition coefficient (Wildman–Crippen LogP) is 0.875. The van der Waals surface area contributed by atoms with E-state index < -0.39 is 0 Å². The molecule has 0 amide bonds. The molecule has 0 aliphatic heterocycles. The van der Waals surface area contributed by atoms with Gasteiger partial charge in [-0.25, -0.2) is 0 Å². The molecule has 1 fully saturated rings. The van der Waals surface area contributed by atoms with E-state index in [-0.39, 0.29) is 0 Å². The van der Waals surface area contributed by atoms with Gasteiger partial charge in [0.15, 0.2) is 0 Å². The molecule has 0 aromatic carbocycles. The molecule has 1 aliphatic rings. The van der Waals surface area contributed by atoms with Gasteiger partial charge in [0.1, 0.15) is 0 Å². The van der Waals surface area contributed by atoms with Crippen LogP contribution in [0.15, 0.2) is 6.20 Å². The Morgan fingerprint density at radius 1 is 1.64 bits per heavy atom. The minimum atomic E-state index is 0.423. The van der Waals surface area contributed by atoms with Crippen molar-refractivity contribution in [1.82, 2.24) is 15.0 Å². The fourth-order valence-electron chi connectivity index (χ4n) is 1.79. The summed E-state index contributed by atoms with van der Waals surface area (Å²) >= 11 is 0. The van der Waals surface area contributed by atoms with E-state index in [1.807, 2.05) is 13.2 Å². The van der Waals surface area contributed by atoms with Crippen molar-refractivity contribution < 1.29 is 0 Å². The smallest absolute Gasteiger partial charge is 0.0827 e. The quantitative estimate of drug-likeness (QED) is 0.757. The average Bonchev–Trinajstić information content (AvgIpc) is 2.92. The molecule has 1 unspecified atom stereocenters. The third kappa shape index (κ3) is 2.54. The van der Waals surface area contributed by atoms with Crippen LogP contribution in [0.25, 0.3) is 0 Å². The van der Waals surface area contributed by atoms with Crippen LogP contribution >= 0.6 is 0 Å². The molecular weight excluding hydrogens is 176 g/mol. The zero-order chi connectivity index (χ0) is 9.97. The zero-order valence-corrected chi connectivity index (χ0v) is 8.69. The SMILES string of the molecule is Cn1cc(CCCC(N)C2CC2)nn1. The van der Waals surface area contributed by atoms with Crippen LogP contribution in [0.4, 0.5) is 0 Å². The van der Waals surface area contributed by atoms with Gasteiger partial charge in [0, 0.05) is 19.3 Å². The average molecular weight is 194 g/mol. The van der Waals surface area contributed by atoms with Gasteiger partial charge in [-0.1, -0.05) is 5.21 Å². The van der Waals surface area contributed by atoms with Crippen LogP contribution in [-0.2, 0) is 13.5 Å². The van der Waals surface area contributed by atoms with Crippen LogP contribution in [0.5, 0.6) is 0 Å². The lowest BCUT2D eigenvalue weighted by molar-refractivity contribution is 0.526. The molecule has 0 spiro atoms. The molecule has 78 valence electrons. The third-order valence-corrected chi connectivity index (χ3v) is 2.85. The van der Waals surface area contributed by atoms with E-state index in [0.717, 1.165) is 30.9 Å². The number of aromatic nitrogens is 3. The highest BCUT2D eigenvalue weighted by atomic mass is 15.4. The second kappa shape index (κ2) is 4.09. The van der Waals surface area contributed by atoms with Crippen molar-refractivity contribution >= 4 is 0 Å². The standard InChI is InChI=1S/C10H18N4/c1-14-7-9(12-13-14)3-2-4-10(11)8-5-6-8/h7-8,10H,2-6,11H2,1H3. The van der Waals surface area contributed by atoms with Gasteiger partial charge in [-0.05, 0) is 38.0 Å². The van der Waals surface area contributed by atoms with Crippen molar-refractivity contribution in [2.24, 2.45) is 18.7 Å². The molecule has 1 aromatic heterocycles. The molecule has 4 heteroatoms. The number of hydrogen-bond donors (Lipinski definition) is 1. The summed E-state index contributed by atoms with van der Waals surface area (Å²) in [7, 11) is 1.90. The monoisotopic (exact) mass is 194 g/mol. The second-order valence-corrected chi connectivity index (χ2v) is 4.28. The van der Waals surface area contributed by atoms with Crippen LogP contribution in [0, 0.1) is 5.92 Å². The lowest BCUT2D eigenvalue weighted by Gasteiger charge is -2.07. The summed E-state index contributed by atoms with van der Waals surface area (Å²) in [4.78, 5) is 0. The van der Waals surface area contributed by atoms with E-state index >= 15 is 0 Å². The molecule has 2 N–H and O–H groups in total.